The molecule has 1 heterocycles. The van der Waals surface area contributed by atoms with Crippen molar-refractivity contribution < 1.29 is 14.6 Å². The van der Waals surface area contributed by atoms with Gasteiger partial charge in [0.05, 0.1) is 12.3 Å². The summed E-state index contributed by atoms with van der Waals surface area (Å²) in [5.74, 6) is 0. The lowest BCUT2D eigenvalue weighted by Gasteiger charge is -2.12. The molecule has 0 saturated carbocycles. The first-order chi connectivity index (χ1) is 6.63. The highest BCUT2D eigenvalue weighted by atomic mass is 79.9. The van der Waals surface area contributed by atoms with Crippen molar-refractivity contribution in [1.29, 1.82) is 0 Å². The topological polar surface area (TPSA) is 85.4 Å². The highest BCUT2D eigenvalue weighted by molar-refractivity contribution is 9.10. The van der Waals surface area contributed by atoms with E-state index >= 15 is 0 Å². The molecule has 0 aliphatic rings. The number of halogens is 1. The van der Waals surface area contributed by atoms with Crippen LogP contribution in [0.1, 0.15) is 11.8 Å². The van der Waals surface area contributed by atoms with Crippen LogP contribution in [0.2, 0.25) is 0 Å². The number of hydrogen-bond acceptors (Lipinski definition) is 4. The average molecular weight is 261 g/mol. The molecule has 0 aliphatic carbocycles. The normalized spacial score (nSPS) is 12.1. The minimum Gasteiger partial charge on any atom is -0.437 e. The standard InChI is InChI=1S/C8H9BrN2O3/c9-5-1-2-11-6(3-5)7(4-12)14-8(10)13/h1-3,7,12H,4H2,(H2,10,13). The van der Waals surface area contributed by atoms with Crippen molar-refractivity contribution in [3.8, 4) is 0 Å². The van der Waals surface area contributed by atoms with Gasteiger partial charge in [0.2, 0.25) is 0 Å². The van der Waals surface area contributed by atoms with E-state index in [9.17, 15) is 4.79 Å². The molecule has 76 valence electrons. The van der Waals surface area contributed by atoms with Crippen LogP contribution in [0.15, 0.2) is 22.8 Å². The van der Waals surface area contributed by atoms with E-state index in [2.05, 4.69) is 25.7 Å². The molecule has 6 heteroatoms. The number of aromatic nitrogens is 1. The second-order valence-corrected chi connectivity index (χ2v) is 3.42. The van der Waals surface area contributed by atoms with E-state index in [-0.39, 0.29) is 6.61 Å². The molecule has 1 atom stereocenters. The maximum Gasteiger partial charge on any atom is 0.405 e. The van der Waals surface area contributed by atoms with Gasteiger partial charge in [-0.25, -0.2) is 4.79 Å². The number of hydrogen-bond donors (Lipinski definition) is 2. The molecular weight excluding hydrogens is 252 g/mol. The fraction of sp³-hybridized carbons (Fsp3) is 0.250. The minimum atomic E-state index is -0.939. The molecule has 0 saturated heterocycles. The molecule has 0 aromatic carbocycles. The number of primary amides is 1. The van der Waals surface area contributed by atoms with Gasteiger partial charge >= 0.3 is 6.09 Å². The van der Waals surface area contributed by atoms with Gasteiger partial charge in [-0.3, -0.25) is 4.98 Å². The first-order valence-electron chi connectivity index (χ1n) is 3.82. The second kappa shape index (κ2) is 4.92. The van der Waals surface area contributed by atoms with E-state index in [1.54, 1.807) is 12.1 Å². The molecule has 1 rings (SSSR count). The third kappa shape index (κ3) is 2.97. The summed E-state index contributed by atoms with van der Waals surface area (Å²) in [6.45, 7) is -0.355. The van der Waals surface area contributed by atoms with Crippen LogP contribution in [0, 0.1) is 0 Å². The number of ether oxygens (including phenoxy) is 1. The maximum absolute atomic E-state index is 10.5. The van der Waals surface area contributed by atoms with Gasteiger partial charge in [-0.05, 0) is 12.1 Å². The zero-order valence-electron chi connectivity index (χ0n) is 7.18. The molecule has 1 amide bonds. The minimum absolute atomic E-state index is 0.355. The molecule has 14 heavy (non-hydrogen) atoms. The molecule has 1 unspecified atom stereocenters. The number of carbonyl (C=O) groups is 1. The number of aliphatic hydroxyl groups is 1. The lowest BCUT2D eigenvalue weighted by molar-refractivity contribution is 0.0608. The Hall–Kier alpha value is -1.14. The van der Waals surface area contributed by atoms with Crippen LogP contribution in [-0.4, -0.2) is 22.8 Å². The predicted octanol–water partition coefficient (Wildman–Crippen LogP) is 0.973. The lowest BCUT2D eigenvalue weighted by atomic mass is 10.2. The summed E-state index contributed by atoms with van der Waals surface area (Å²) in [5, 5.41) is 8.93. The fourth-order valence-electron chi connectivity index (χ4n) is 0.929. The number of amides is 1. The summed E-state index contributed by atoms with van der Waals surface area (Å²) in [7, 11) is 0. The second-order valence-electron chi connectivity index (χ2n) is 2.51. The quantitative estimate of drug-likeness (QED) is 0.848. The van der Waals surface area contributed by atoms with Crippen LogP contribution in [0.25, 0.3) is 0 Å². The van der Waals surface area contributed by atoms with Crippen LogP contribution in [0.5, 0.6) is 0 Å². The average Bonchev–Trinajstić information content (AvgIpc) is 2.14. The Labute approximate surface area is 89.0 Å². The van der Waals surface area contributed by atoms with E-state index in [0.29, 0.717) is 5.69 Å². The lowest BCUT2D eigenvalue weighted by Crippen LogP contribution is -2.20. The first kappa shape index (κ1) is 10.9. The van der Waals surface area contributed by atoms with Gasteiger partial charge in [-0.1, -0.05) is 15.9 Å². The van der Waals surface area contributed by atoms with Crippen molar-refractivity contribution in [2.45, 2.75) is 6.10 Å². The molecule has 0 spiro atoms. The van der Waals surface area contributed by atoms with Gasteiger partial charge in [-0.2, -0.15) is 0 Å². The van der Waals surface area contributed by atoms with Gasteiger partial charge in [-0.15, -0.1) is 0 Å². The number of aliphatic hydroxyl groups excluding tert-OH is 1. The highest BCUT2D eigenvalue weighted by Crippen LogP contribution is 2.18. The van der Waals surface area contributed by atoms with Crippen molar-refractivity contribution in [3.05, 3.63) is 28.5 Å². The maximum atomic E-state index is 10.5. The molecule has 3 N–H and O–H groups in total. The summed E-state index contributed by atoms with van der Waals surface area (Å²) in [5.41, 5.74) is 5.28. The largest absolute Gasteiger partial charge is 0.437 e. The molecule has 5 nitrogen and oxygen atoms in total. The third-order valence-corrected chi connectivity index (χ3v) is 1.99. The summed E-state index contributed by atoms with van der Waals surface area (Å²) in [6.07, 6.45) is -0.220. The Bertz CT molecular complexity index is 332. The van der Waals surface area contributed by atoms with Gasteiger partial charge in [0, 0.05) is 10.7 Å². The van der Waals surface area contributed by atoms with Gasteiger partial charge in [0.25, 0.3) is 0 Å². The molecule has 0 radical (unpaired) electrons. The van der Waals surface area contributed by atoms with E-state index in [0.717, 1.165) is 4.47 Å². The zero-order chi connectivity index (χ0) is 10.6. The Balaban J connectivity index is 2.83. The number of pyridine rings is 1. The summed E-state index contributed by atoms with van der Waals surface area (Å²) in [6, 6.07) is 3.37. The van der Waals surface area contributed by atoms with E-state index in [4.69, 9.17) is 10.8 Å². The smallest absolute Gasteiger partial charge is 0.405 e. The number of carbonyl (C=O) groups excluding carboxylic acids is 1. The molecule has 1 aromatic heterocycles. The van der Waals surface area contributed by atoms with Gasteiger partial charge in [0.1, 0.15) is 0 Å². The third-order valence-electron chi connectivity index (χ3n) is 1.50. The zero-order valence-corrected chi connectivity index (χ0v) is 8.77. The molecular formula is C8H9BrN2O3. The Morgan fingerprint density at radius 2 is 2.50 bits per heavy atom. The van der Waals surface area contributed by atoms with E-state index < -0.39 is 12.2 Å². The van der Waals surface area contributed by atoms with Crippen LogP contribution in [0.3, 0.4) is 0 Å². The molecule has 0 aliphatic heterocycles. The van der Waals surface area contributed by atoms with Crippen molar-refractivity contribution in [1.82, 2.24) is 4.98 Å². The van der Waals surface area contributed by atoms with Gasteiger partial charge in [0.15, 0.2) is 6.10 Å². The Morgan fingerprint density at radius 3 is 3.00 bits per heavy atom. The van der Waals surface area contributed by atoms with E-state index in [1.807, 2.05) is 0 Å². The van der Waals surface area contributed by atoms with Crippen molar-refractivity contribution in [2.24, 2.45) is 5.73 Å². The SMILES string of the molecule is NC(=O)OC(CO)c1cc(Br)ccn1. The number of nitrogens with two attached hydrogens (primary N) is 1. The van der Waals surface area contributed by atoms with Crippen molar-refractivity contribution >= 4 is 22.0 Å². The Morgan fingerprint density at radius 1 is 1.79 bits per heavy atom. The van der Waals surface area contributed by atoms with Gasteiger partial charge < -0.3 is 15.6 Å². The van der Waals surface area contributed by atoms with Crippen molar-refractivity contribution in [2.75, 3.05) is 6.61 Å². The van der Waals surface area contributed by atoms with Crippen LogP contribution in [0.4, 0.5) is 4.79 Å². The predicted molar refractivity (Wildman–Crippen MR) is 52.4 cm³/mol. The fourth-order valence-corrected chi connectivity index (χ4v) is 1.28. The summed E-state index contributed by atoms with van der Waals surface area (Å²) in [4.78, 5) is 14.4. The van der Waals surface area contributed by atoms with Crippen LogP contribution >= 0.6 is 15.9 Å². The summed E-state index contributed by atoms with van der Waals surface area (Å²) >= 11 is 3.23. The monoisotopic (exact) mass is 260 g/mol. The van der Waals surface area contributed by atoms with Crippen LogP contribution in [-0.2, 0) is 4.74 Å². The Kier molecular flexibility index (Phi) is 3.84. The number of nitrogens with zero attached hydrogens (tertiary/aromatic N) is 1. The molecule has 0 fully saturated rings. The molecule has 1 aromatic rings. The van der Waals surface area contributed by atoms with Crippen LogP contribution < -0.4 is 5.73 Å². The number of rotatable bonds is 3. The van der Waals surface area contributed by atoms with E-state index in [1.165, 1.54) is 6.20 Å². The molecule has 0 bridgehead atoms. The van der Waals surface area contributed by atoms with Crippen molar-refractivity contribution in [3.63, 3.8) is 0 Å². The summed E-state index contributed by atoms with van der Waals surface area (Å²) < 4.78 is 5.43. The highest BCUT2D eigenvalue weighted by Gasteiger charge is 2.15. The first-order valence-corrected chi connectivity index (χ1v) is 4.61.